The van der Waals surface area contributed by atoms with E-state index in [4.69, 9.17) is 0 Å². The zero-order valence-corrected chi connectivity index (χ0v) is 9.22. The van der Waals surface area contributed by atoms with E-state index in [-0.39, 0.29) is 17.8 Å². The number of ether oxygens (including phenoxy) is 1. The highest BCUT2D eigenvalue weighted by Gasteiger charge is 2.35. The summed E-state index contributed by atoms with van der Waals surface area (Å²) in [6, 6.07) is 2.57. The first-order valence-corrected chi connectivity index (χ1v) is 4.84. The van der Waals surface area contributed by atoms with Crippen LogP contribution in [-0.4, -0.2) is 12.4 Å². The summed E-state index contributed by atoms with van der Waals surface area (Å²) in [5.41, 5.74) is -1.22. The van der Waals surface area contributed by atoms with Gasteiger partial charge in [0.2, 0.25) is 0 Å². The fourth-order valence-electron chi connectivity index (χ4n) is 1.39. The number of halogens is 5. The van der Waals surface area contributed by atoms with Gasteiger partial charge in [-0.1, -0.05) is 6.07 Å². The molecule has 0 fully saturated rings. The van der Waals surface area contributed by atoms with E-state index in [2.05, 4.69) is 4.74 Å². The van der Waals surface area contributed by atoms with Gasteiger partial charge in [-0.2, -0.15) is 22.0 Å². The Morgan fingerprint density at radius 1 is 1.33 bits per heavy atom. The molecule has 1 aromatic rings. The Kier molecular flexibility index (Phi) is 4.26. The van der Waals surface area contributed by atoms with Crippen molar-refractivity contribution >= 4 is 5.78 Å². The summed E-state index contributed by atoms with van der Waals surface area (Å²) in [7, 11) is 0. The summed E-state index contributed by atoms with van der Waals surface area (Å²) in [4.78, 5) is 10.8. The molecule has 0 bridgehead atoms. The molecular formula is C11H9F5O2. The van der Waals surface area contributed by atoms with Crippen molar-refractivity contribution < 1.29 is 31.5 Å². The summed E-state index contributed by atoms with van der Waals surface area (Å²) < 4.78 is 65.5. The Morgan fingerprint density at radius 3 is 2.39 bits per heavy atom. The molecule has 0 saturated heterocycles. The van der Waals surface area contributed by atoms with Gasteiger partial charge < -0.3 is 4.74 Å². The van der Waals surface area contributed by atoms with Crippen LogP contribution in [0.1, 0.15) is 18.1 Å². The molecule has 2 nitrogen and oxygen atoms in total. The molecule has 0 aliphatic carbocycles. The number of alkyl halides is 5. The first-order valence-electron chi connectivity index (χ1n) is 4.84. The maximum atomic E-state index is 12.6. The number of carbonyl (C=O) groups excluding carboxylic acids is 1. The summed E-state index contributed by atoms with van der Waals surface area (Å²) in [5.74, 6) is -1.28. The molecule has 0 amide bonds. The maximum Gasteiger partial charge on any atom is 0.419 e. The molecule has 0 aliphatic heterocycles. The van der Waals surface area contributed by atoms with Gasteiger partial charge in [0.05, 0.1) is 5.56 Å². The first kappa shape index (κ1) is 14.4. The number of carbonyl (C=O) groups is 1. The highest BCUT2D eigenvalue weighted by molar-refractivity contribution is 5.78. The Morgan fingerprint density at radius 2 is 1.94 bits per heavy atom. The van der Waals surface area contributed by atoms with Crippen molar-refractivity contribution in [2.24, 2.45) is 0 Å². The zero-order valence-electron chi connectivity index (χ0n) is 9.22. The van der Waals surface area contributed by atoms with Crippen LogP contribution in [0.15, 0.2) is 18.2 Å². The minimum Gasteiger partial charge on any atom is -0.434 e. The summed E-state index contributed by atoms with van der Waals surface area (Å²) in [6.07, 6.45) is -5.02. The third-order valence-electron chi connectivity index (χ3n) is 2.02. The van der Waals surface area contributed by atoms with Gasteiger partial charge >= 0.3 is 12.8 Å². The number of hydrogen-bond acceptors (Lipinski definition) is 2. The average Bonchev–Trinajstić information content (AvgIpc) is 2.17. The van der Waals surface area contributed by atoms with Crippen molar-refractivity contribution in [2.45, 2.75) is 26.1 Å². The van der Waals surface area contributed by atoms with Crippen molar-refractivity contribution in [1.29, 1.82) is 0 Å². The van der Waals surface area contributed by atoms with Crippen LogP contribution in [0.3, 0.4) is 0 Å². The number of benzene rings is 1. The van der Waals surface area contributed by atoms with Gasteiger partial charge in [-0.15, -0.1) is 0 Å². The normalized spacial score (nSPS) is 11.7. The first-order chi connectivity index (χ1) is 8.20. The standard InChI is InChI=1S/C11H9F5O2/c1-6(17)4-7-2-3-9(18-10(12)13)8(5-7)11(14,15)16/h2-3,5,10H,4H2,1H3. The van der Waals surface area contributed by atoms with Gasteiger partial charge in [0, 0.05) is 6.42 Å². The van der Waals surface area contributed by atoms with E-state index < -0.39 is 24.1 Å². The van der Waals surface area contributed by atoms with E-state index >= 15 is 0 Å². The van der Waals surface area contributed by atoms with Crippen molar-refractivity contribution in [3.8, 4) is 5.75 Å². The molecule has 0 saturated carbocycles. The number of Topliss-reactive ketones (excluding diaryl/α,β-unsaturated/α-hetero) is 1. The number of rotatable bonds is 4. The Labute approximate surface area is 99.4 Å². The van der Waals surface area contributed by atoms with Gasteiger partial charge in [0.25, 0.3) is 0 Å². The molecule has 0 atom stereocenters. The second kappa shape index (κ2) is 5.32. The smallest absolute Gasteiger partial charge is 0.419 e. The molecule has 0 aromatic heterocycles. The molecule has 0 spiro atoms. The van der Waals surface area contributed by atoms with E-state index in [0.717, 1.165) is 12.1 Å². The van der Waals surface area contributed by atoms with E-state index in [1.165, 1.54) is 6.92 Å². The van der Waals surface area contributed by atoms with Crippen LogP contribution in [0, 0.1) is 0 Å². The van der Waals surface area contributed by atoms with E-state index in [1.807, 2.05) is 0 Å². The van der Waals surface area contributed by atoms with Crippen LogP contribution in [0.25, 0.3) is 0 Å². The predicted octanol–water partition coefficient (Wildman–Crippen LogP) is 3.44. The van der Waals surface area contributed by atoms with Crippen LogP contribution in [0.5, 0.6) is 5.75 Å². The molecule has 7 heteroatoms. The van der Waals surface area contributed by atoms with Crippen LogP contribution in [-0.2, 0) is 17.4 Å². The minimum atomic E-state index is -4.82. The molecule has 1 aromatic carbocycles. The van der Waals surface area contributed by atoms with Crippen LogP contribution in [0.4, 0.5) is 22.0 Å². The Hall–Kier alpha value is -1.66. The van der Waals surface area contributed by atoms with Crippen molar-refractivity contribution in [2.75, 3.05) is 0 Å². The third kappa shape index (κ3) is 3.97. The van der Waals surface area contributed by atoms with E-state index in [0.29, 0.717) is 6.07 Å². The van der Waals surface area contributed by atoms with E-state index in [9.17, 15) is 26.7 Å². The zero-order chi connectivity index (χ0) is 13.9. The van der Waals surface area contributed by atoms with Gasteiger partial charge in [-0.3, -0.25) is 4.79 Å². The SMILES string of the molecule is CC(=O)Cc1ccc(OC(F)F)c(C(F)(F)F)c1. The van der Waals surface area contributed by atoms with Crippen molar-refractivity contribution in [3.05, 3.63) is 29.3 Å². The lowest BCUT2D eigenvalue weighted by Gasteiger charge is -2.14. The molecule has 0 heterocycles. The second-order valence-corrected chi connectivity index (χ2v) is 3.59. The monoisotopic (exact) mass is 268 g/mol. The van der Waals surface area contributed by atoms with Crippen molar-refractivity contribution in [1.82, 2.24) is 0 Å². The second-order valence-electron chi connectivity index (χ2n) is 3.59. The topological polar surface area (TPSA) is 26.3 Å². The van der Waals surface area contributed by atoms with Gasteiger partial charge in [0.15, 0.2) is 0 Å². The van der Waals surface area contributed by atoms with Gasteiger partial charge in [-0.05, 0) is 24.6 Å². The lowest BCUT2D eigenvalue weighted by Crippen LogP contribution is -2.12. The number of hydrogen-bond donors (Lipinski definition) is 0. The molecule has 1 rings (SSSR count). The number of ketones is 1. The molecular weight excluding hydrogens is 259 g/mol. The highest BCUT2D eigenvalue weighted by atomic mass is 19.4. The predicted molar refractivity (Wildman–Crippen MR) is 52.5 cm³/mol. The lowest BCUT2D eigenvalue weighted by atomic mass is 10.1. The average molecular weight is 268 g/mol. The van der Waals surface area contributed by atoms with Crippen molar-refractivity contribution in [3.63, 3.8) is 0 Å². The lowest BCUT2D eigenvalue weighted by molar-refractivity contribution is -0.142. The van der Waals surface area contributed by atoms with Crippen LogP contribution >= 0.6 is 0 Å². The van der Waals surface area contributed by atoms with E-state index in [1.54, 1.807) is 0 Å². The Bertz CT molecular complexity index is 440. The fourth-order valence-corrected chi connectivity index (χ4v) is 1.39. The fraction of sp³-hybridized carbons (Fsp3) is 0.364. The molecule has 0 radical (unpaired) electrons. The largest absolute Gasteiger partial charge is 0.434 e. The molecule has 0 aliphatic rings. The van der Waals surface area contributed by atoms with Crippen LogP contribution < -0.4 is 4.74 Å². The molecule has 0 unspecified atom stereocenters. The quantitative estimate of drug-likeness (QED) is 0.782. The Balaban J connectivity index is 3.16. The highest BCUT2D eigenvalue weighted by Crippen LogP contribution is 2.37. The minimum absolute atomic E-state index is 0.0939. The van der Waals surface area contributed by atoms with Crippen LogP contribution in [0.2, 0.25) is 0 Å². The summed E-state index contributed by atoms with van der Waals surface area (Å²) >= 11 is 0. The van der Waals surface area contributed by atoms with Gasteiger partial charge in [-0.25, -0.2) is 0 Å². The molecule has 100 valence electrons. The molecule has 18 heavy (non-hydrogen) atoms. The summed E-state index contributed by atoms with van der Waals surface area (Å²) in [5, 5.41) is 0. The third-order valence-corrected chi connectivity index (χ3v) is 2.02. The molecule has 0 N–H and O–H groups in total. The summed E-state index contributed by atoms with van der Waals surface area (Å²) in [6.45, 7) is -2.12. The maximum absolute atomic E-state index is 12.6. The van der Waals surface area contributed by atoms with Gasteiger partial charge in [0.1, 0.15) is 11.5 Å².